The van der Waals surface area contributed by atoms with E-state index in [1.807, 2.05) is 24.3 Å². The molecule has 2 aliphatic heterocycles. The minimum Gasteiger partial charge on any atom is -0.434 e. The second-order valence-corrected chi connectivity index (χ2v) is 10.3. The van der Waals surface area contributed by atoms with E-state index in [4.69, 9.17) is 4.74 Å². The predicted molar refractivity (Wildman–Crippen MR) is 138 cm³/mol. The molecule has 2 aromatic carbocycles. The highest BCUT2D eigenvalue weighted by Crippen LogP contribution is 2.46. The van der Waals surface area contributed by atoms with Gasteiger partial charge in [0.15, 0.2) is 0 Å². The van der Waals surface area contributed by atoms with Gasteiger partial charge in [0.25, 0.3) is 6.43 Å². The lowest BCUT2D eigenvalue weighted by Gasteiger charge is -2.42. The first-order chi connectivity index (χ1) is 18.8. The van der Waals surface area contributed by atoms with Gasteiger partial charge < -0.3 is 19.9 Å². The molecule has 0 spiro atoms. The van der Waals surface area contributed by atoms with Crippen molar-refractivity contribution in [3.05, 3.63) is 59.3 Å². The molecule has 5 nitrogen and oxygen atoms in total. The number of anilines is 1. The lowest BCUT2D eigenvalue weighted by Crippen LogP contribution is -2.49. The molecule has 11 heteroatoms. The first-order valence-electron chi connectivity index (χ1n) is 13.2. The van der Waals surface area contributed by atoms with Crippen LogP contribution < -0.4 is 10.1 Å². The second-order valence-electron chi connectivity index (χ2n) is 10.3. The van der Waals surface area contributed by atoms with Gasteiger partial charge in [0.2, 0.25) is 6.30 Å². The molecule has 0 bridgehead atoms. The molecule has 1 fully saturated rings. The number of benzene rings is 2. The Labute approximate surface area is 223 Å². The molecule has 5 rings (SSSR count). The normalized spacial score (nSPS) is 23.1. The van der Waals surface area contributed by atoms with Gasteiger partial charge in [-0.15, -0.1) is 0 Å². The molecule has 0 aliphatic carbocycles. The molecule has 4 atom stereocenters. The van der Waals surface area contributed by atoms with Gasteiger partial charge >= 0.3 is 6.61 Å². The summed E-state index contributed by atoms with van der Waals surface area (Å²) in [6.07, 6.45) is -4.34. The van der Waals surface area contributed by atoms with Crippen LogP contribution in [0.1, 0.15) is 42.6 Å². The summed E-state index contributed by atoms with van der Waals surface area (Å²) in [5.74, 6) is -0.211. The van der Waals surface area contributed by atoms with Gasteiger partial charge in [-0.2, -0.15) is 8.78 Å². The maximum absolute atomic E-state index is 15.1. The maximum Gasteiger partial charge on any atom is 0.387 e. The Morgan fingerprint density at radius 3 is 2.64 bits per heavy atom. The molecule has 0 saturated carbocycles. The fourth-order valence-corrected chi connectivity index (χ4v) is 6.03. The van der Waals surface area contributed by atoms with Crippen LogP contribution in [0.3, 0.4) is 0 Å². The highest BCUT2D eigenvalue weighted by atomic mass is 19.3. The van der Waals surface area contributed by atoms with Crippen molar-refractivity contribution >= 4 is 16.6 Å². The van der Waals surface area contributed by atoms with E-state index < -0.39 is 31.4 Å². The van der Waals surface area contributed by atoms with Crippen molar-refractivity contribution in [2.45, 2.75) is 63.6 Å². The van der Waals surface area contributed by atoms with Gasteiger partial charge in [0.05, 0.1) is 12.7 Å². The van der Waals surface area contributed by atoms with Gasteiger partial charge in [0, 0.05) is 65.6 Å². The Bertz CT molecular complexity index is 1270. The number of aromatic amines is 1. The Hall–Kier alpha value is -2.92. The highest BCUT2D eigenvalue weighted by Gasteiger charge is 2.44. The zero-order chi connectivity index (χ0) is 27.7. The van der Waals surface area contributed by atoms with E-state index in [-0.39, 0.29) is 24.0 Å². The van der Waals surface area contributed by atoms with Crippen molar-refractivity contribution in [2.75, 3.05) is 31.6 Å². The Balaban J connectivity index is 1.54. The number of nitrogens with zero attached hydrogens (tertiary/aromatic N) is 2. The molecular weight excluding hydrogens is 522 g/mol. The molecular formula is C28H32F6N4O. The molecule has 4 unspecified atom stereocenters. The average molecular weight is 555 g/mol. The summed E-state index contributed by atoms with van der Waals surface area (Å²) < 4.78 is 87.3. The number of likely N-dealkylation sites (tertiary alicyclic amines) is 1. The summed E-state index contributed by atoms with van der Waals surface area (Å²) in [7, 11) is 0. The minimum absolute atomic E-state index is 0.0235. The molecule has 1 saturated heterocycles. The number of rotatable bonds is 10. The molecule has 0 radical (unpaired) electrons. The summed E-state index contributed by atoms with van der Waals surface area (Å²) in [4.78, 5) is 6.42. The number of para-hydroxylation sites is 1. The topological polar surface area (TPSA) is 43.5 Å². The lowest BCUT2D eigenvalue weighted by atomic mass is 9.88. The zero-order valence-electron chi connectivity index (χ0n) is 21.5. The van der Waals surface area contributed by atoms with E-state index in [9.17, 15) is 22.0 Å². The summed E-state index contributed by atoms with van der Waals surface area (Å²) >= 11 is 0. The Morgan fingerprint density at radius 1 is 1.10 bits per heavy atom. The number of halogens is 6. The fraction of sp³-hybridized carbons (Fsp3) is 0.500. The fourth-order valence-electron chi connectivity index (χ4n) is 6.03. The average Bonchev–Trinajstić information content (AvgIpc) is 3.50. The third-order valence-corrected chi connectivity index (χ3v) is 7.69. The van der Waals surface area contributed by atoms with Crippen molar-refractivity contribution in [3.63, 3.8) is 0 Å². The van der Waals surface area contributed by atoms with Crippen molar-refractivity contribution in [2.24, 2.45) is 0 Å². The molecule has 3 heterocycles. The number of H-pyrrole nitrogens is 1. The lowest BCUT2D eigenvalue weighted by molar-refractivity contribution is -0.0857. The monoisotopic (exact) mass is 554 g/mol. The predicted octanol–water partition coefficient (Wildman–Crippen LogP) is 6.51. The van der Waals surface area contributed by atoms with Crippen LogP contribution in [0.5, 0.6) is 5.75 Å². The zero-order valence-corrected chi connectivity index (χ0v) is 21.5. The van der Waals surface area contributed by atoms with Gasteiger partial charge in [-0.3, -0.25) is 9.29 Å². The number of hydrogen-bond acceptors (Lipinski definition) is 4. The van der Waals surface area contributed by atoms with E-state index in [1.54, 1.807) is 19.1 Å². The molecule has 2 aliphatic rings. The van der Waals surface area contributed by atoms with E-state index >= 15 is 4.39 Å². The summed E-state index contributed by atoms with van der Waals surface area (Å²) in [6, 6.07) is 10.3. The quantitative estimate of drug-likeness (QED) is 0.222. The standard InChI is InChI=1S/C28H32F6N4O/c1-16-13-21-19-5-2-3-6-22(19)36-24(21)25(38(16)27(32)26(30)31)20-8-7-17(14-23(20)39-28(33)34)35-18-9-12-37(15-18)11-4-10-29/h2-3,5-8,14,16,18,25-28,35-36H,4,9-13,15H2,1H3. The molecule has 39 heavy (non-hydrogen) atoms. The van der Waals surface area contributed by atoms with Crippen LogP contribution in [-0.2, 0) is 6.42 Å². The number of alkyl halides is 6. The SMILES string of the molecule is CC1Cc2c([nH]c3ccccc23)C(c2ccc(NC3CCN(CCCF)C3)cc2OC(F)F)N1C(F)C(F)F. The summed E-state index contributed by atoms with van der Waals surface area (Å²) in [5, 5.41) is 4.20. The molecule has 0 amide bonds. The van der Waals surface area contributed by atoms with Crippen molar-refractivity contribution < 1.29 is 31.1 Å². The molecule has 212 valence electrons. The van der Waals surface area contributed by atoms with E-state index in [0.29, 0.717) is 37.3 Å². The first kappa shape index (κ1) is 27.6. The number of nitrogens with one attached hydrogen (secondary N) is 2. The Kier molecular flexibility index (Phi) is 8.27. The van der Waals surface area contributed by atoms with E-state index in [2.05, 4.69) is 15.2 Å². The van der Waals surface area contributed by atoms with Gasteiger partial charge in [0.1, 0.15) is 5.75 Å². The number of aromatic nitrogens is 1. The smallest absolute Gasteiger partial charge is 0.387 e. The summed E-state index contributed by atoms with van der Waals surface area (Å²) in [5.41, 5.74) is 2.76. The van der Waals surface area contributed by atoms with Crippen LogP contribution in [0.4, 0.5) is 32.0 Å². The summed E-state index contributed by atoms with van der Waals surface area (Å²) in [6.45, 7) is 0.214. The molecule has 3 aromatic rings. The second kappa shape index (κ2) is 11.7. The third kappa shape index (κ3) is 5.70. The number of fused-ring (bicyclic) bond motifs is 3. The van der Waals surface area contributed by atoms with Crippen molar-refractivity contribution in [1.82, 2.24) is 14.8 Å². The van der Waals surface area contributed by atoms with Gasteiger partial charge in [-0.05, 0) is 43.9 Å². The van der Waals surface area contributed by atoms with Crippen LogP contribution in [0.2, 0.25) is 0 Å². The number of hydrogen-bond donors (Lipinski definition) is 2. The van der Waals surface area contributed by atoms with Crippen molar-refractivity contribution in [1.29, 1.82) is 0 Å². The van der Waals surface area contributed by atoms with E-state index in [0.717, 1.165) is 34.3 Å². The maximum atomic E-state index is 15.1. The molecule has 1 aromatic heterocycles. The molecule has 2 N–H and O–H groups in total. The van der Waals surface area contributed by atoms with Crippen LogP contribution in [-0.4, -0.2) is 72.5 Å². The van der Waals surface area contributed by atoms with Crippen LogP contribution in [0.15, 0.2) is 42.5 Å². The Morgan fingerprint density at radius 2 is 1.90 bits per heavy atom. The third-order valence-electron chi connectivity index (χ3n) is 7.69. The van der Waals surface area contributed by atoms with Crippen molar-refractivity contribution in [3.8, 4) is 5.75 Å². The van der Waals surface area contributed by atoms with Crippen LogP contribution in [0.25, 0.3) is 10.9 Å². The minimum atomic E-state index is -3.29. The first-order valence-corrected chi connectivity index (χ1v) is 13.2. The largest absolute Gasteiger partial charge is 0.434 e. The van der Waals surface area contributed by atoms with Gasteiger partial charge in [-0.25, -0.2) is 13.2 Å². The van der Waals surface area contributed by atoms with E-state index in [1.165, 1.54) is 6.07 Å². The van der Waals surface area contributed by atoms with Crippen LogP contribution in [0, 0.1) is 0 Å². The number of ether oxygens (including phenoxy) is 1. The highest BCUT2D eigenvalue weighted by molar-refractivity contribution is 5.85. The van der Waals surface area contributed by atoms with Crippen LogP contribution >= 0.6 is 0 Å². The van der Waals surface area contributed by atoms with Gasteiger partial charge in [-0.1, -0.05) is 24.3 Å².